The lowest BCUT2D eigenvalue weighted by atomic mass is 10.0. The number of urea groups is 1. The van der Waals surface area contributed by atoms with Crippen LogP contribution in [0.25, 0.3) is 0 Å². The Morgan fingerprint density at radius 1 is 1.15 bits per heavy atom. The number of nitrogens with one attached hydrogen (secondary N) is 3. The molecule has 1 aliphatic heterocycles. The van der Waals surface area contributed by atoms with Crippen molar-refractivity contribution in [3.63, 3.8) is 0 Å². The van der Waals surface area contributed by atoms with E-state index in [1.807, 2.05) is 43.3 Å². The Balaban J connectivity index is 1.68. The number of benzene rings is 2. The van der Waals surface area contributed by atoms with E-state index >= 15 is 0 Å². The van der Waals surface area contributed by atoms with Crippen molar-refractivity contribution in [3.8, 4) is 5.75 Å². The van der Waals surface area contributed by atoms with Crippen molar-refractivity contribution >= 4 is 23.3 Å². The van der Waals surface area contributed by atoms with Crippen molar-refractivity contribution in [3.05, 3.63) is 53.6 Å². The predicted octanol–water partition coefficient (Wildman–Crippen LogP) is 4.02. The highest BCUT2D eigenvalue weighted by atomic mass is 16.5. The molecular weight excluding hydrogens is 330 g/mol. The van der Waals surface area contributed by atoms with Crippen molar-refractivity contribution < 1.29 is 14.3 Å². The van der Waals surface area contributed by atoms with Crippen molar-refractivity contribution in [2.45, 2.75) is 32.7 Å². The third-order valence-corrected chi connectivity index (χ3v) is 4.32. The average molecular weight is 353 g/mol. The minimum atomic E-state index is -0.274. The van der Waals surface area contributed by atoms with Gasteiger partial charge in [-0.05, 0) is 42.2 Å². The van der Waals surface area contributed by atoms with Crippen LogP contribution in [0.5, 0.6) is 5.75 Å². The van der Waals surface area contributed by atoms with E-state index in [0.717, 1.165) is 16.8 Å². The number of anilines is 2. The maximum atomic E-state index is 12.4. The maximum Gasteiger partial charge on any atom is 0.319 e. The van der Waals surface area contributed by atoms with Crippen molar-refractivity contribution in [1.82, 2.24) is 5.32 Å². The van der Waals surface area contributed by atoms with Crippen LogP contribution in [0.1, 0.15) is 43.9 Å². The third-order valence-electron chi connectivity index (χ3n) is 4.32. The van der Waals surface area contributed by atoms with E-state index in [0.29, 0.717) is 17.4 Å². The Morgan fingerprint density at radius 2 is 1.92 bits per heavy atom. The molecular formula is C20H23N3O3. The van der Waals surface area contributed by atoms with Crippen LogP contribution in [-0.2, 0) is 4.79 Å². The minimum Gasteiger partial charge on any atom is -0.482 e. The first-order chi connectivity index (χ1) is 12.4. The highest BCUT2D eigenvalue weighted by Gasteiger charge is 2.18. The zero-order chi connectivity index (χ0) is 18.7. The molecule has 3 amide bonds. The second-order valence-corrected chi connectivity index (χ2v) is 6.65. The van der Waals surface area contributed by atoms with E-state index in [-0.39, 0.29) is 24.6 Å². The van der Waals surface area contributed by atoms with Crippen molar-refractivity contribution in [2.24, 2.45) is 0 Å². The summed E-state index contributed by atoms with van der Waals surface area (Å²) in [6.07, 6.45) is 0. The molecule has 6 heteroatoms. The monoisotopic (exact) mass is 353 g/mol. The molecule has 0 radical (unpaired) electrons. The second kappa shape index (κ2) is 7.47. The first kappa shape index (κ1) is 17.8. The van der Waals surface area contributed by atoms with Gasteiger partial charge in [-0.2, -0.15) is 0 Å². The lowest BCUT2D eigenvalue weighted by Gasteiger charge is -2.21. The first-order valence-electron chi connectivity index (χ1n) is 8.67. The summed E-state index contributed by atoms with van der Waals surface area (Å²) in [5, 5.41) is 8.62. The highest BCUT2D eigenvalue weighted by Crippen LogP contribution is 2.30. The first-order valence-corrected chi connectivity index (χ1v) is 8.67. The van der Waals surface area contributed by atoms with E-state index in [1.165, 1.54) is 0 Å². The molecule has 0 bridgehead atoms. The van der Waals surface area contributed by atoms with Gasteiger partial charge in [-0.15, -0.1) is 0 Å². The number of hydrogen-bond acceptors (Lipinski definition) is 3. The summed E-state index contributed by atoms with van der Waals surface area (Å²) >= 11 is 0. The molecule has 136 valence electrons. The van der Waals surface area contributed by atoms with E-state index < -0.39 is 0 Å². The molecule has 1 unspecified atom stereocenters. The fourth-order valence-electron chi connectivity index (χ4n) is 2.92. The van der Waals surface area contributed by atoms with Gasteiger partial charge in [0.15, 0.2) is 6.61 Å². The Labute approximate surface area is 152 Å². The van der Waals surface area contributed by atoms with Gasteiger partial charge < -0.3 is 20.7 Å². The van der Waals surface area contributed by atoms with Crippen LogP contribution >= 0.6 is 0 Å². The number of hydrogen-bond donors (Lipinski definition) is 3. The van der Waals surface area contributed by atoms with Gasteiger partial charge in [0.05, 0.1) is 11.7 Å². The quantitative estimate of drug-likeness (QED) is 0.776. The van der Waals surface area contributed by atoms with Crippen LogP contribution < -0.4 is 20.7 Å². The molecule has 6 nitrogen and oxygen atoms in total. The van der Waals surface area contributed by atoms with Crippen LogP contribution in [0.15, 0.2) is 42.5 Å². The number of para-hydroxylation sites is 1. The van der Waals surface area contributed by atoms with Crippen LogP contribution in [0, 0.1) is 0 Å². The molecule has 3 rings (SSSR count). The molecule has 0 aliphatic carbocycles. The fraction of sp³-hybridized carbons (Fsp3) is 0.300. The summed E-state index contributed by atoms with van der Waals surface area (Å²) in [6.45, 7) is 6.09. The Kier molecular flexibility index (Phi) is 5.11. The highest BCUT2D eigenvalue weighted by molar-refractivity contribution is 5.95. The molecule has 1 atom stereocenters. The van der Waals surface area contributed by atoms with Crippen LogP contribution in [0.4, 0.5) is 16.2 Å². The third kappa shape index (κ3) is 3.96. The number of amides is 3. The molecule has 0 saturated heterocycles. The summed E-state index contributed by atoms with van der Waals surface area (Å²) in [4.78, 5) is 23.9. The topological polar surface area (TPSA) is 79.5 Å². The van der Waals surface area contributed by atoms with E-state index in [1.54, 1.807) is 6.07 Å². The summed E-state index contributed by atoms with van der Waals surface area (Å²) < 4.78 is 5.35. The number of ether oxygens (including phenoxy) is 1. The van der Waals surface area contributed by atoms with Crippen molar-refractivity contribution in [1.29, 1.82) is 0 Å². The van der Waals surface area contributed by atoms with Gasteiger partial charge in [0.1, 0.15) is 5.75 Å². The SMILES string of the molecule is CC(C)c1ccccc1NC(=O)NC(C)c1ccc2c(c1)NC(=O)CO2. The van der Waals surface area contributed by atoms with Gasteiger partial charge >= 0.3 is 6.03 Å². The van der Waals surface area contributed by atoms with Gasteiger partial charge in [-0.25, -0.2) is 4.79 Å². The molecule has 0 fully saturated rings. The lowest BCUT2D eigenvalue weighted by molar-refractivity contribution is -0.118. The van der Waals surface area contributed by atoms with Crippen LogP contribution in [0.2, 0.25) is 0 Å². The maximum absolute atomic E-state index is 12.4. The molecule has 0 aromatic heterocycles. The van der Waals surface area contributed by atoms with E-state index in [9.17, 15) is 9.59 Å². The molecule has 0 saturated carbocycles. The molecule has 2 aromatic rings. The standard InChI is InChI=1S/C20H23N3O3/c1-12(2)15-6-4-5-7-16(15)23-20(25)21-13(3)14-8-9-18-17(10-14)22-19(24)11-26-18/h4-10,12-13H,11H2,1-3H3,(H,22,24)(H2,21,23,25). The molecule has 0 spiro atoms. The van der Waals surface area contributed by atoms with Crippen LogP contribution in [-0.4, -0.2) is 18.5 Å². The van der Waals surface area contributed by atoms with Gasteiger partial charge in [-0.1, -0.05) is 38.1 Å². The van der Waals surface area contributed by atoms with Crippen molar-refractivity contribution in [2.75, 3.05) is 17.2 Å². The Hall–Kier alpha value is -3.02. The Bertz CT molecular complexity index is 833. The summed E-state index contributed by atoms with van der Waals surface area (Å²) in [5.41, 5.74) is 3.39. The van der Waals surface area contributed by atoms with Gasteiger partial charge in [0.2, 0.25) is 0 Å². The summed E-state index contributed by atoms with van der Waals surface area (Å²) in [5.74, 6) is 0.766. The van der Waals surface area contributed by atoms with E-state index in [4.69, 9.17) is 4.74 Å². The molecule has 3 N–H and O–H groups in total. The summed E-state index contributed by atoms with van der Waals surface area (Å²) in [7, 11) is 0. The minimum absolute atomic E-state index is 0.0256. The second-order valence-electron chi connectivity index (χ2n) is 6.65. The number of rotatable bonds is 4. The predicted molar refractivity (Wildman–Crippen MR) is 102 cm³/mol. The largest absolute Gasteiger partial charge is 0.482 e. The molecule has 26 heavy (non-hydrogen) atoms. The zero-order valence-electron chi connectivity index (χ0n) is 15.1. The number of carbonyl (C=O) groups excluding carboxylic acids is 2. The number of carbonyl (C=O) groups is 2. The zero-order valence-corrected chi connectivity index (χ0v) is 15.1. The van der Waals surface area contributed by atoms with Crippen LogP contribution in [0.3, 0.4) is 0 Å². The van der Waals surface area contributed by atoms with Gasteiger partial charge in [0.25, 0.3) is 5.91 Å². The van der Waals surface area contributed by atoms with Gasteiger partial charge in [-0.3, -0.25) is 4.79 Å². The van der Waals surface area contributed by atoms with Gasteiger partial charge in [0, 0.05) is 5.69 Å². The number of fused-ring (bicyclic) bond motifs is 1. The Morgan fingerprint density at radius 3 is 2.69 bits per heavy atom. The van der Waals surface area contributed by atoms with E-state index in [2.05, 4.69) is 29.8 Å². The molecule has 1 aliphatic rings. The lowest BCUT2D eigenvalue weighted by Crippen LogP contribution is -2.32. The normalized spacial score (nSPS) is 14.1. The smallest absolute Gasteiger partial charge is 0.319 e. The molecule has 2 aromatic carbocycles. The fourth-order valence-corrected chi connectivity index (χ4v) is 2.92. The molecule has 1 heterocycles. The summed E-state index contributed by atoms with van der Waals surface area (Å²) in [6, 6.07) is 12.8. The average Bonchev–Trinajstić information content (AvgIpc) is 2.61.